The zero-order valence-corrected chi connectivity index (χ0v) is 10.2. The Morgan fingerprint density at radius 1 is 1.38 bits per heavy atom. The minimum Gasteiger partial charge on any atom is -0.491 e. The van der Waals surface area contributed by atoms with E-state index in [9.17, 15) is 0 Å². The number of β-amino-alcohol motifs (C(OH)–C–C–N with tert-alkyl or cyclic N) is 1. The Morgan fingerprint density at radius 3 is 2.75 bits per heavy atom. The largest absolute Gasteiger partial charge is 0.491 e. The maximum Gasteiger partial charge on any atom is 0.138 e. The second-order valence-electron chi connectivity index (χ2n) is 3.84. The van der Waals surface area contributed by atoms with Gasteiger partial charge in [-0.05, 0) is 18.2 Å². The molecule has 0 saturated carbocycles. The maximum atomic E-state index is 9.09. The van der Waals surface area contributed by atoms with E-state index in [0.717, 1.165) is 19.6 Å². The van der Waals surface area contributed by atoms with Crippen molar-refractivity contribution in [1.29, 1.82) is 0 Å². The van der Waals surface area contributed by atoms with Crippen LogP contribution in [0.25, 0.3) is 0 Å². The normalized spacial score (nSPS) is 17.2. The standard InChI is InChI=1S/C11H13Cl2NO2/c12-8-1-2-11(10(13)5-8)16-4-3-14-6-9(15)7-14/h1-2,5,9,15H,3-4,6-7H2. The molecule has 0 aliphatic carbocycles. The highest BCUT2D eigenvalue weighted by Gasteiger charge is 2.23. The first-order valence-corrected chi connectivity index (χ1v) is 5.89. The van der Waals surface area contributed by atoms with Crippen LogP contribution in [0.1, 0.15) is 0 Å². The molecule has 1 aromatic rings. The van der Waals surface area contributed by atoms with Crippen molar-refractivity contribution in [1.82, 2.24) is 4.90 Å². The number of rotatable bonds is 4. The summed E-state index contributed by atoms with van der Waals surface area (Å²) in [5.74, 6) is 0.645. The van der Waals surface area contributed by atoms with Crippen LogP contribution in [0.3, 0.4) is 0 Å². The Bertz CT molecular complexity index is 367. The number of hydrogen-bond acceptors (Lipinski definition) is 3. The molecule has 16 heavy (non-hydrogen) atoms. The number of halogens is 2. The van der Waals surface area contributed by atoms with E-state index >= 15 is 0 Å². The molecule has 0 unspecified atom stereocenters. The lowest BCUT2D eigenvalue weighted by molar-refractivity contribution is -0.00386. The lowest BCUT2D eigenvalue weighted by atomic mass is 10.2. The van der Waals surface area contributed by atoms with E-state index in [1.165, 1.54) is 0 Å². The predicted octanol–water partition coefficient (Wildman–Crippen LogP) is 2.05. The van der Waals surface area contributed by atoms with E-state index in [4.69, 9.17) is 33.0 Å². The minimum absolute atomic E-state index is 0.167. The second-order valence-corrected chi connectivity index (χ2v) is 4.68. The molecule has 88 valence electrons. The van der Waals surface area contributed by atoms with Crippen molar-refractivity contribution in [3.8, 4) is 5.75 Å². The predicted molar refractivity (Wildman–Crippen MR) is 64.4 cm³/mol. The van der Waals surface area contributed by atoms with Gasteiger partial charge >= 0.3 is 0 Å². The highest BCUT2D eigenvalue weighted by atomic mass is 35.5. The number of ether oxygens (including phenoxy) is 1. The van der Waals surface area contributed by atoms with Gasteiger partial charge in [-0.1, -0.05) is 23.2 Å². The summed E-state index contributed by atoms with van der Waals surface area (Å²) < 4.78 is 5.52. The third kappa shape index (κ3) is 3.01. The summed E-state index contributed by atoms with van der Waals surface area (Å²) >= 11 is 11.7. The molecule has 1 N–H and O–H groups in total. The van der Waals surface area contributed by atoms with Crippen LogP contribution in [0, 0.1) is 0 Å². The molecule has 0 spiro atoms. The van der Waals surface area contributed by atoms with Crippen molar-refractivity contribution in [2.75, 3.05) is 26.2 Å². The molecule has 1 aliphatic rings. The summed E-state index contributed by atoms with van der Waals surface area (Å²) in [6.45, 7) is 2.83. The number of benzene rings is 1. The number of nitrogens with zero attached hydrogens (tertiary/aromatic N) is 1. The zero-order valence-electron chi connectivity index (χ0n) is 8.70. The van der Waals surface area contributed by atoms with Gasteiger partial charge in [-0.25, -0.2) is 0 Å². The van der Waals surface area contributed by atoms with E-state index in [0.29, 0.717) is 22.4 Å². The lowest BCUT2D eigenvalue weighted by Crippen LogP contribution is -2.51. The van der Waals surface area contributed by atoms with Crippen LogP contribution in [-0.4, -0.2) is 42.4 Å². The molecular formula is C11H13Cl2NO2. The summed E-state index contributed by atoms with van der Waals surface area (Å²) in [6, 6.07) is 5.16. The first-order valence-electron chi connectivity index (χ1n) is 5.13. The molecule has 0 atom stereocenters. The molecule has 1 aliphatic heterocycles. The number of aliphatic hydroxyl groups is 1. The smallest absolute Gasteiger partial charge is 0.138 e. The van der Waals surface area contributed by atoms with Crippen molar-refractivity contribution >= 4 is 23.2 Å². The average molecular weight is 262 g/mol. The van der Waals surface area contributed by atoms with Crippen LogP contribution >= 0.6 is 23.2 Å². The molecular weight excluding hydrogens is 249 g/mol. The van der Waals surface area contributed by atoms with Gasteiger partial charge in [-0.2, -0.15) is 0 Å². The molecule has 0 radical (unpaired) electrons. The zero-order chi connectivity index (χ0) is 11.5. The molecule has 1 heterocycles. The third-order valence-electron chi connectivity index (χ3n) is 2.50. The van der Waals surface area contributed by atoms with Gasteiger partial charge in [-0.3, -0.25) is 4.90 Å². The summed E-state index contributed by atoms with van der Waals surface area (Å²) in [6.07, 6.45) is -0.167. The van der Waals surface area contributed by atoms with Gasteiger partial charge in [-0.15, -0.1) is 0 Å². The SMILES string of the molecule is OC1CN(CCOc2ccc(Cl)cc2Cl)C1. The summed E-state index contributed by atoms with van der Waals surface area (Å²) in [5, 5.41) is 10.2. The van der Waals surface area contributed by atoms with Crippen molar-refractivity contribution in [2.45, 2.75) is 6.10 Å². The van der Waals surface area contributed by atoms with Crippen LogP contribution < -0.4 is 4.74 Å². The topological polar surface area (TPSA) is 32.7 Å². The highest BCUT2D eigenvalue weighted by Crippen LogP contribution is 2.27. The molecule has 5 heteroatoms. The third-order valence-corrected chi connectivity index (χ3v) is 3.03. The van der Waals surface area contributed by atoms with Crippen molar-refractivity contribution in [3.63, 3.8) is 0 Å². The van der Waals surface area contributed by atoms with Gasteiger partial charge in [0.15, 0.2) is 0 Å². The Morgan fingerprint density at radius 2 is 2.12 bits per heavy atom. The first kappa shape index (κ1) is 12.0. The molecule has 1 saturated heterocycles. The molecule has 1 aromatic carbocycles. The lowest BCUT2D eigenvalue weighted by Gasteiger charge is -2.35. The average Bonchev–Trinajstić information content (AvgIpc) is 2.18. The Kier molecular flexibility index (Phi) is 3.92. The number of aliphatic hydroxyl groups excluding tert-OH is 1. The minimum atomic E-state index is -0.167. The van der Waals surface area contributed by atoms with Gasteiger partial charge in [0.2, 0.25) is 0 Å². The highest BCUT2D eigenvalue weighted by molar-refractivity contribution is 6.35. The van der Waals surface area contributed by atoms with E-state index in [1.54, 1.807) is 18.2 Å². The fraction of sp³-hybridized carbons (Fsp3) is 0.455. The quantitative estimate of drug-likeness (QED) is 0.901. The summed E-state index contributed by atoms with van der Waals surface area (Å²) in [7, 11) is 0. The molecule has 3 nitrogen and oxygen atoms in total. The monoisotopic (exact) mass is 261 g/mol. The van der Waals surface area contributed by atoms with Gasteiger partial charge in [0.05, 0.1) is 11.1 Å². The van der Waals surface area contributed by atoms with Gasteiger partial charge < -0.3 is 9.84 Å². The van der Waals surface area contributed by atoms with E-state index < -0.39 is 0 Å². The van der Waals surface area contributed by atoms with Crippen molar-refractivity contribution in [2.24, 2.45) is 0 Å². The Hall–Kier alpha value is -0.480. The number of likely N-dealkylation sites (tertiary alicyclic amines) is 1. The van der Waals surface area contributed by atoms with E-state index in [-0.39, 0.29) is 6.10 Å². The second kappa shape index (κ2) is 5.23. The summed E-state index contributed by atoms with van der Waals surface area (Å²) in [4.78, 5) is 2.12. The van der Waals surface area contributed by atoms with Gasteiger partial charge in [0, 0.05) is 24.7 Å². The molecule has 2 rings (SSSR count). The molecule has 0 bridgehead atoms. The molecule has 1 fully saturated rings. The van der Waals surface area contributed by atoms with E-state index in [2.05, 4.69) is 4.90 Å². The Labute approximate surface area is 105 Å². The first-order chi connectivity index (χ1) is 7.65. The molecule has 0 amide bonds. The van der Waals surface area contributed by atoms with Crippen LogP contribution in [0.5, 0.6) is 5.75 Å². The van der Waals surface area contributed by atoms with Gasteiger partial charge in [0.25, 0.3) is 0 Å². The van der Waals surface area contributed by atoms with Crippen LogP contribution in [0.2, 0.25) is 10.0 Å². The van der Waals surface area contributed by atoms with Crippen LogP contribution in [0.4, 0.5) is 0 Å². The van der Waals surface area contributed by atoms with Crippen molar-refractivity contribution < 1.29 is 9.84 Å². The maximum absolute atomic E-state index is 9.09. The van der Waals surface area contributed by atoms with Crippen LogP contribution in [-0.2, 0) is 0 Å². The van der Waals surface area contributed by atoms with Crippen LogP contribution in [0.15, 0.2) is 18.2 Å². The molecule has 0 aromatic heterocycles. The summed E-state index contributed by atoms with van der Waals surface area (Å²) in [5.41, 5.74) is 0. The fourth-order valence-electron chi connectivity index (χ4n) is 1.60. The number of hydrogen-bond donors (Lipinski definition) is 1. The van der Waals surface area contributed by atoms with E-state index in [1.807, 2.05) is 0 Å². The fourth-order valence-corrected chi connectivity index (χ4v) is 2.07. The van der Waals surface area contributed by atoms with Crippen molar-refractivity contribution in [3.05, 3.63) is 28.2 Å². The van der Waals surface area contributed by atoms with Gasteiger partial charge in [0.1, 0.15) is 12.4 Å². The Balaban J connectivity index is 1.76.